The molecule has 1 unspecified atom stereocenters. The molecule has 0 bridgehead atoms. The molecule has 19 heavy (non-hydrogen) atoms. The number of carbonyl (C=O) groups is 2. The minimum Gasteiger partial charge on any atom is -0.323 e. The molecule has 0 aromatic carbocycles. The minimum atomic E-state index is -4.98. The molecule has 0 aliphatic carbocycles. The van der Waals surface area contributed by atoms with E-state index < -0.39 is 24.0 Å². The Kier molecular flexibility index (Phi) is 3.40. The summed E-state index contributed by atoms with van der Waals surface area (Å²) in [5.74, 6) is -2.69. The topological polar surface area (TPSA) is 91.0 Å². The zero-order chi connectivity index (χ0) is 14.0. The Hall–Kier alpha value is -2.13. The average Bonchev–Trinajstić information content (AvgIpc) is 2.96. The lowest BCUT2D eigenvalue weighted by Gasteiger charge is -2.24. The Morgan fingerprint density at radius 2 is 2.21 bits per heavy atom. The Labute approximate surface area is 105 Å². The SMILES string of the molecule is O=C(Nc1ncn[nH]1)C1CCCN1C(=O)C(F)(F)F. The van der Waals surface area contributed by atoms with E-state index in [2.05, 4.69) is 20.5 Å². The van der Waals surface area contributed by atoms with E-state index in [1.807, 2.05) is 0 Å². The van der Waals surface area contributed by atoms with E-state index in [4.69, 9.17) is 0 Å². The number of aromatic nitrogens is 3. The standard InChI is InChI=1S/C9H10F3N5O2/c10-9(11,12)7(19)17-3-1-2-5(17)6(18)15-8-13-4-14-16-8/h4-5H,1-3H2,(H2,13,14,15,16,18). The molecule has 1 fully saturated rings. The van der Waals surface area contributed by atoms with Crippen LogP contribution in [0, 0.1) is 0 Å². The molecule has 10 heteroatoms. The van der Waals surface area contributed by atoms with Crippen LogP contribution in [0.2, 0.25) is 0 Å². The van der Waals surface area contributed by atoms with E-state index in [9.17, 15) is 22.8 Å². The second kappa shape index (κ2) is 4.86. The second-order valence-electron chi connectivity index (χ2n) is 3.98. The molecule has 1 aromatic rings. The van der Waals surface area contributed by atoms with Gasteiger partial charge in [0.15, 0.2) is 0 Å². The van der Waals surface area contributed by atoms with E-state index in [1.54, 1.807) is 0 Å². The number of anilines is 1. The number of nitrogens with one attached hydrogen (secondary N) is 2. The summed E-state index contributed by atoms with van der Waals surface area (Å²) < 4.78 is 37.1. The van der Waals surface area contributed by atoms with E-state index in [0.717, 1.165) is 6.33 Å². The fourth-order valence-corrected chi connectivity index (χ4v) is 1.91. The van der Waals surface area contributed by atoms with Gasteiger partial charge in [0.05, 0.1) is 0 Å². The normalized spacial score (nSPS) is 19.5. The molecule has 104 valence electrons. The number of likely N-dealkylation sites (tertiary alicyclic amines) is 1. The first-order chi connectivity index (χ1) is 8.89. The van der Waals surface area contributed by atoms with Crippen LogP contribution in [0.15, 0.2) is 6.33 Å². The predicted octanol–water partition coefficient (Wildman–Crippen LogP) is 0.296. The van der Waals surface area contributed by atoms with Gasteiger partial charge in [0.2, 0.25) is 11.9 Å². The van der Waals surface area contributed by atoms with Gasteiger partial charge in [0.25, 0.3) is 0 Å². The molecule has 1 aliphatic rings. The quantitative estimate of drug-likeness (QED) is 0.813. The van der Waals surface area contributed by atoms with Crippen LogP contribution in [0.4, 0.5) is 19.1 Å². The van der Waals surface area contributed by atoms with Crippen molar-refractivity contribution in [2.24, 2.45) is 0 Å². The molecule has 0 saturated carbocycles. The fourth-order valence-electron chi connectivity index (χ4n) is 1.91. The van der Waals surface area contributed by atoms with Gasteiger partial charge in [-0.3, -0.25) is 14.9 Å². The van der Waals surface area contributed by atoms with Crippen LogP contribution in [0.25, 0.3) is 0 Å². The average molecular weight is 277 g/mol. The van der Waals surface area contributed by atoms with Crippen LogP contribution in [-0.2, 0) is 9.59 Å². The first-order valence-electron chi connectivity index (χ1n) is 5.43. The number of rotatable bonds is 2. The summed E-state index contributed by atoms with van der Waals surface area (Å²) in [5.41, 5.74) is 0. The Morgan fingerprint density at radius 3 is 2.79 bits per heavy atom. The van der Waals surface area contributed by atoms with Gasteiger partial charge >= 0.3 is 12.1 Å². The molecule has 2 amide bonds. The summed E-state index contributed by atoms with van der Waals surface area (Å²) in [6, 6.07) is -1.14. The first kappa shape index (κ1) is 13.3. The number of carbonyl (C=O) groups excluding carboxylic acids is 2. The highest BCUT2D eigenvalue weighted by Gasteiger charge is 2.47. The minimum absolute atomic E-state index is 0.0244. The summed E-state index contributed by atoms with van der Waals surface area (Å²) in [5, 5.41) is 8.10. The lowest BCUT2D eigenvalue weighted by Crippen LogP contribution is -2.48. The van der Waals surface area contributed by atoms with E-state index in [0.29, 0.717) is 11.3 Å². The molecule has 2 heterocycles. The summed E-state index contributed by atoms with van der Waals surface area (Å²) in [7, 11) is 0. The Morgan fingerprint density at radius 1 is 1.47 bits per heavy atom. The molecule has 0 radical (unpaired) electrons. The third kappa shape index (κ3) is 2.83. The van der Waals surface area contributed by atoms with Gasteiger partial charge < -0.3 is 4.90 Å². The smallest absolute Gasteiger partial charge is 0.323 e. The number of halogens is 3. The maximum atomic E-state index is 12.4. The van der Waals surface area contributed by atoms with E-state index >= 15 is 0 Å². The van der Waals surface area contributed by atoms with Gasteiger partial charge in [-0.1, -0.05) is 0 Å². The Bertz CT molecular complexity index is 473. The highest BCUT2D eigenvalue weighted by molar-refractivity contribution is 5.97. The van der Waals surface area contributed by atoms with E-state index in [-0.39, 0.29) is 18.9 Å². The number of hydrogen-bond donors (Lipinski definition) is 2. The highest BCUT2D eigenvalue weighted by atomic mass is 19.4. The summed E-state index contributed by atoms with van der Waals surface area (Å²) >= 11 is 0. The summed E-state index contributed by atoms with van der Waals surface area (Å²) in [6.07, 6.45) is -3.31. The molecule has 7 nitrogen and oxygen atoms in total. The van der Waals surface area contributed by atoms with Crippen LogP contribution in [0.5, 0.6) is 0 Å². The van der Waals surface area contributed by atoms with Crippen molar-refractivity contribution in [2.75, 3.05) is 11.9 Å². The van der Waals surface area contributed by atoms with Crippen molar-refractivity contribution in [1.82, 2.24) is 20.1 Å². The third-order valence-corrected chi connectivity index (χ3v) is 2.72. The maximum Gasteiger partial charge on any atom is 0.471 e. The monoisotopic (exact) mass is 277 g/mol. The van der Waals surface area contributed by atoms with Gasteiger partial charge in [-0.25, -0.2) is 5.10 Å². The van der Waals surface area contributed by atoms with Crippen molar-refractivity contribution in [2.45, 2.75) is 25.1 Å². The zero-order valence-electron chi connectivity index (χ0n) is 9.57. The molecule has 1 aliphatic heterocycles. The third-order valence-electron chi connectivity index (χ3n) is 2.72. The molecule has 1 atom stereocenters. The van der Waals surface area contributed by atoms with Crippen LogP contribution >= 0.6 is 0 Å². The fraction of sp³-hybridized carbons (Fsp3) is 0.556. The van der Waals surface area contributed by atoms with Crippen LogP contribution < -0.4 is 5.32 Å². The number of H-pyrrole nitrogens is 1. The Balaban J connectivity index is 2.06. The highest BCUT2D eigenvalue weighted by Crippen LogP contribution is 2.26. The van der Waals surface area contributed by atoms with Crippen molar-refractivity contribution >= 4 is 17.8 Å². The maximum absolute atomic E-state index is 12.4. The lowest BCUT2D eigenvalue weighted by molar-refractivity contribution is -0.186. The van der Waals surface area contributed by atoms with Crippen molar-refractivity contribution in [3.63, 3.8) is 0 Å². The van der Waals surface area contributed by atoms with Crippen LogP contribution in [0.3, 0.4) is 0 Å². The van der Waals surface area contributed by atoms with Crippen LogP contribution in [-0.4, -0.2) is 50.7 Å². The van der Waals surface area contributed by atoms with Crippen molar-refractivity contribution in [3.8, 4) is 0 Å². The largest absolute Gasteiger partial charge is 0.471 e. The summed E-state index contributed by atoms with van der Waals surface area (Å²) in [4.78, 5) is 27.1. The van der Waals surface area contributed by atoms with Gasteiger partial charge in [-0.2, -0.15) is 23.3 Å². The molecule has 1 aromatic heterocycles. The molecule has 2 rings (SSSR count). The van der Waals surface area contributed by atoms with Gasteiger partial charge in [-0.05, 0) is 12.8 Å². The molecule has 0 spiro atoms. The molecular weight excluding hydrogens is 267 g/mol. The van der Waals surface area contributed by atoms with Gasteiger partial charge in [-0.15, -0.1) is 0 Å². The van der Waals surface area contributed by atoms with Crippen LogP contribution in [0.1, 0.15) is 12.8 Å². The van der Waals surface area contributed by atoms with Crippen molar-refractivity contribution in [1.29, 1.82) is 0 Å². The zero-order valence-corrected chi connectivity index (χ0v) is 9.57. The van der Waals surface area contributed by atoms with Gasteiger partial charge in [0.1, 0.15) is 12.4 Å². The molecule has 1 saturated heterocycles. The van der Waals surface area contributed by atoms with E-state index in [1.165, 1.54) is 0 Å². The lowest BCUT2D eigenvalue weighted by atomic mass is 10.2. The first-order valence-corrected chi connectivity index (χ1v) is 5.43. The number of nitrogens with zero attached hydrogens (tertiary/aromatic N) is 3. The number of aromatic amines is 1. The van der Waals surface area contributed by atoms with Gasteiger partial charge in [0, 0.05) is 6.54 Å². The number of alkyl halides is 3. The van der Waals surface area contributed by atoms with Crippen molar-refractivity contribution < 1.29 is 22.8 Å². The molecular formula is C9H10F3N5O2. The number of amides is 2. The number of hydrogen-bond acceptors (Lipinski definition) is 4. The molecule has 2 N–H and O–H groups in total. The predicted molar refractivity (Wildman–Crippen MR) is 55.8 cm³/mol. The van der Waals surface area contributed by atoms with Crippen molar-refractivity contribution in [3.05, 3.63) is 6.33 Å². The summed E-state index contributed by atoms with van der Waals surface area (Å²) in [6.45, 7) is -0.0904. The second-order valence-corrected chi connectivity index (χ2v) is 3.98.